The molecule has 3 nitrogen and oxygen atoms in total. The molecular weight excluding hydrogens is 262 g/mol. The number of nitrogens with zero attached hydrogens (tertiary/aromatic N) is 2. The van der Waals surface area contributed by atoms with E-state index in [0.29, 0.717) is 6.04 Å². The van der Waals surface area contributed by atoms with E-state index in [0.717, 1.165) is 17.1 Å². The Balaban J connectivity index is 2.27. The lowest BCUT2D eigenvalue weighted by molar-refractivity contribution is 0.768. The van der Waals surface area contributed by atoms with Crippen molar-refractivity contribution in [1.82, 2.24) is 9.97 Å². The van der Waals surface area contributed by atoms with E-state index in [1.807, 2.05) is 11.8 Å². The Hall–Kier alpha value is -0.810. The van der Waals surface area contributed by atoms with Crippen LogP contribution in [0.2, 0.25) is 0 Å². The number of hydrogen-bond donors (Lipinski definition) is 1. The summed E-state index contributed by atoms with van der Waals surface area (Å²) in [6.45, 7) is 6.50. The van der Waals surface area contributed by atoms with Gasteiger partial charge in [0.25, 0.3) is 0 Å². The van der Waals surface area contributed by atoms with Crippen LogP contribution in [-0.2, 0) is 0 Å². The van der Waals surface area contributed by atoms with Crippen LogP contribution in [0.3, 0.4) is 0 Å². The molecule has 2 aromatic rings. The van der Waals surface area contributed by atoms with Crippen LogP contribution in [0.25, 0.3) is 10.2 Å². The van der Waals surface area contributed by atoms with Crippen molar-refractivity contribution in [2.75, 3.05) is 17.3 Å². The van der Waals surface area contributed by atoms with Crippen molar-refractivity contribution in [3.63, 3.8) is 0 Å². The van der Waals surface area contributed by atoms with Gasteiger partial charge in [-0.05, 0) is 44.8 Å². The molecule has 1 atom stereocenters. The molecule has 0 saturated heterocycles. The second-order valence-electron chi connectivity index (χ2n) is 4.51. The Morgan fingerprint density at radius 3 is 2.89 bits per heavy atom. The molecule has 2 aromatic heterocycles. The van der Waals surface area contributed by atoms with Crippen molar-refractivity contribution in [3.8, 4) is 0 Å². The highest BCUT2D eigenvalue weighted by Gasteiger charge is 2.13. The average molecular weight is 281 g/mol. The minimum atomic E-state index is 0.440. The zero-order chi connectivity index (χ0) is 13.1. The van der Waals surface area contributed by atoms with Crippen LogP contribution in [0.5, 0.6) is 0 Å². The van der Waals surface area contributed by atoms with E-state index in [2.05, 4.69) is 42.3 Å². The van der Waals surface area contributed by atoms with Crippen LogP contribution in [0.15, 0.2) is 6.33 Å². The molecule has 0 aliphatic rings. The molecular formula is C13H19N3S2. The third kappa shape index (κ3) is 2.78. The minimum Gasteiger partial charge on any atom is -0.367 e. The highest BCUT2D eigenvalue weighted by molar-refractivity contribution is 7.98. The highest BCUT2D eigenvalue weighted by Crippen LogP contribution is 2.32. The largest absolute Gasteiger partial charge is 0.367 e. The Kier molecular flexibility index (Phi) is 4.45. The lowest BCUT2D eigenvalue weighted by Crippen LogP contribution is -2.17. The van der Waals surface area contributed by atoms with Crippen molar-refractivity contribution in [2.24, 2.45) is 0 Å². The molecule has 2 rings (SSSR count). The Bertz CT molecular complexity index is 536. The Morgan fingerprint density at radius 1 is 1.39 bits per heavy atom. The summed E-state index contributed by atoms with van der Waals surface area (Å²) >= 11 is 3.62. The van der Waals surface area contributed by atoms with Crippen LogP contribution >= 0.6 is 23.1 Å². The van der Waals surface area contributed by atoms with E-state index in [4.69, 9.17) is 0 Å². The maximum absolute atomic E-state index is 4.41. The van der Waals surface area contributed by atoms with Gasteiger partial charge < -0.3 is 5.32 Å². The molecule has 98 valence electrons. The molecule has 0 aliphatic carbocycles. The van der Waals surface area contributed by atoms with Gasteiger partial charge in [0.2, 0.25) is 0 Å². The van der Waals surface area contributed by atoms with E-state index < -0.39 is 0 Å². The number of aromatic nitrogens is 2. The molecule has 2 heterocycles. The van der Waals surface area contributed by atoms with Crippen molar-refractivity contribution < 1.29 is 0 Å². The monoisotopic (exact) mass is 281 g/mol. The summed E-state index contributed by atoms with van der Waals surface area (Å²) < 4.78 is 0. The second-order valence-corrected chi connectivity index (χ2v) is 6.70. The van der Waals surface area contributed by atoms with Crippen molar-refractivity contribution in [3.05, 3.63) is 16.8 Å². The van der Waals surface area contributed by atoms with Gasteiger partial charge in [-0.15, -0.1) is 11.3 Å². The molecule has 0 amide bonds. The van der Waals surface area contributed by atoms with Gasteiger partial charge in [-0.1, -0.05) is 0 Å². The van der Waals surface area contributed by atoms with Gasteiger partial charge >= 0.3 is 0 Å². The Morgan fingerprint density at radius 2 is 2.17 bits per heavy atom. The third-order valence-corrected chi connectivity index (χ3v) is 4.86. The maximum Gasteiger partial charge on any atom is 0.138 e. The summed E-state index contributed by atoms with van der Waals surface area (Å²) in [5.41, 5.74) is 1.30. The predicted octanol–water partition coefficient (Wildman–Crippen LogP) is 3.86. The average Bonchev–Trinajstić information content (AvgIpc) is 2.64. The van der Waals surface area contributed by atoms with Gasteiger partial charge in [0.05, 0.1) is 5.39 Å². The summed E-state index contributed by atoms with van der Waals surface area (Å²) in [6, 6.07) is 0.440. The summed E-state index contributed by atoms with van der Waals surface area (Å²) in [7, 11) is 0. The number of aryl methyl sites for hydroxylation is 2. The molecule has 0 fully saturated rings. The number of anilines is 1. The first-order valence-electron chi connectivity index (χ1n) is 6.09. The van der Waals surface area contributed by atoms with Gasteiger partial charge in [-0.3, -0.25) is 0 Å². The summed E-state index contributed by atoms with van der Waals surface area (Å²) in [4.78, 5) is 11.2. The molecule has 0 aromatic carbocycles. The normalized spacial score (nSPS) is 12.9. The first kappa shape index (κ1) is 13.6. The Labute approximate surface area is 116 Å². The van der Waals surface area contributed by atoms with Gasteiger partial charge in [0.1, 0.15) is 17.0 Å². The summed E-state index contributed by atoms with van der Waals surface area (Å²) in [6.07, 6.45) is 4.94. The molecule has 0 radical (unpaired) electrons. The lowest BCUT2D eigenvalue weighted by atomic mass is 10.2. The standard InChI is InChI=1S/C13H19N3S2/c1-8(5-6-17-4)16-12-11-9(2)10(3)18-13(11)15-7-14-12/h7-8H,5-6H2,1-4H3,(H,14,15,16). The fourth-order valence-electron chi connectivity index (χ4n) is 1.89. The van der Waals surface area contributed by atoms with E-state index in [1.165, 1.54) is 21.6 Å². The molecule has 5 heteroatoms. The first-order chi connectivity index (χ1) is 8.63. The van der Waals surface area contributed by atoms with Gasteiger partial charge in [0.15, 0.2) is 0 Å². The predicted molar refractivity (Wildman–Crippen MR) is 83.0 cm³/mol. The zero-order valence-electron chi connectivity index (χ0n) is 11.3. The number of hydrogen-bond acceptors (Lipinski definition) is 5. The number of fused-ring (bicyclic) bond motifs is 1. The topological polar surface area (TPSA) is 37.8 Å². The van der Waals surface area contributed by atoms with Crippen molar-refractivity contribution in [1.29, 1.82) is 0 Å². The van der Waals surface area contributed by atoms with Crippen molar-refractivity contribution in [2.45, 2.75) is 33.2 Å². The lowest BCUT2D eigenvalue weighted by Gasteiger charge is -2.14. The van der Waals surface area contributed by atoms with Crippen LogP contribution < -0.4 is 5.32 Å². The number of thiophene rings is 1. The molecule has 0 bridgehead atoms. The smallest absolute Gasteiger partial charge is 0.138 e. The number of thioether (sulfide) groups is 1. The van der Waals surface area contributed by atoms with E-state index >= 15 is 0 Å². The highest BCUT2D eigenvalue weighted by atomic mass is 32.2. The zero-order valence-corrected chi connectivity index (χ0v) is 12.9. The van der Waals surface area contributed by atoms with Crippen LogP contribution in [-0.4, -0.2) is 28.0 Å². The van der Waals surface area contributed by atoms with Gasteiger partial charge in [-0.25, -0.2) is 9.97 Å². The molecule has 1 N–H and O–H groups in total. The third-order valence-electron chi connectivity index (χ3n) is 3.10. The molecule has 0 saturated carbocycles. The SMILES string of the molecule is CSCCC(C)Nc1ncnc2sc(C)c(C)c12. The molecule has 18 heavy (non-hydrogen) atoms. The maximum atomic E-state index is 4.41. The fraction of sp³-hybridized carbons (Fsp3) is 0.538. The molecule has 0 spiro atoms. The summed E-state index contributed by atoms with van der Waals surface area (Å²) in [5, 5.41) is 4.71. The summed E-state index contributed by atoms with van der Waals surface area (Å²) in [5.74, 6) is 2.15. The van der Waals surface area contributed by atoms with Crippen molar-refractivity contribution >= 4 is 39.1 Å². The van der Waals surface area contributed by atoms with Crippen LogP contribution in [0.1, 0.15) is 23.8 Å². The van der Waals surface area contributed by atoms with E-state index in [9.17, 15) is 0 Å². The fourth-order valence-corrected chi connectivity index (χ4v) is 3.48. The minimum absolute atomic E-state index is 0.440. The van der Waals surface area contributed by atoms with E-state index in [1.54, 1.807) is 17.7 Å². The van der Waals surface area contributed by atoms with Gasteiger partial charge in [0, 0.05) is 10.9 Å². The van der Waals surface area contributed by atoms with Crippen LogP contribution in [0.4, 0.5) is 5.82 Å². The second kappa shape index (κ2) is 5.89. The molecule has 1 unspecified atom stereocenters. The number of nitrogens with one attached hydrogen (secondary N) is 1. The quantitative estimate of drug-likeness (QED) is 0.903. The molecule has 0 aliphatic heterocycles. The van der Waals surface area contributed by atoms with E-state index in [-0.39, 0.29) is 0 Å². The first-order valence-corrected chi connectivity index (χ1v) is 8.30. The number of rotatable bonds is 5. The van der Waals surface area contributed by atoms with Gasteiger partial charge in [-0.2, -0.15) is 11.8 Å². The van der Waals surface area contributed by atoms with Crippen LogP contribution in [0, 0.1) is 13.8 Å².